The number of nitrogens with two attached hydrogens (primary N) is 1. The number of nitrogens with one attached hydrogen (secondary N) is 2. The van der Waals surface area contributed by atoms with Gasteiger partial charge in [0.25, 0.3) is 0 Å². The van der Waals surface area contributed by atoms with Crippen molar-refractivity contribution in [2.45, 2.75) is 18.9 Å². The Morgan fingerprint density at radius 3 is 2.69 bits per heavy atom. The Morgan fingerprint density at radius 2 is 1.86 bits per heavy atom. The minimum Gasteiger partial charge on any atom is -0.382 e. The summed E-state index contributed by atoms with van der Waals surface area (Å²) >= 11 is 0. The van der Waals surface area contributed by atoms with E-state index >= 15 is 0 Å². The number of H-pyrrole nitrogens is 1. The molecule has 10 heteroatoms. The van der Waals surface area contributed by atoms with Gasteiger partial charge in [-0.1, -0.05) is 0 Å². The van der Waals surface area contributed by atoms with Gasteiger partial charge >= 0.3 is 0 Å². The highest BCUT2D eigenvalue weighted by atomic mass is 19.2. The van der Waals surface area contributed by atoms with Gasteiger partial charge in [0.1, 0.15) is 5.69 Å². The monoisotopic (exact) mass is 396 g/mol. The Labute approximate surface area is 164 Å². The zero-order valence-electron chi connectivity index (χ0n) is 15.4. The lowest BCUT2D eigenvalue weighted by Gasteiger charge is -2.22. The highest BCUT2D eigenvalue weighted by Crippen LogP contribution is 2.27. The van der Waals surface area contributed by atoms with Crippen LogP contribution in [0.15, 0.2) is 30.7 Å². The molecule has 0 bridgehead atoms. The Morgan fingerprint density at radius 1 is 1.07 bits per heavy atom. The molecule has 0 unspecified atom stereocenters. The van der Waals surface area contributed by atoms with Crippen molar-refractivity contribution in [3.63, 3.8) is 0 Å². The predicted molar refractivity (Wildman–Crippen MR) is 104 cm³/mol. The molecule has 4 aromatic rings. The zero-order chi connectivity index (χ0) is 20.0. The van der Waals surface area contributed by atoms with Gasteiger partial charge in [-0.3, -0.25) is 4.68 Å². The lowest BCUT2D eigenvalue weighted by molar-refractivity contribution is 0.343. The minimum atomic E-state index is -0.964. The van der Waals surface area contributed by atoms with Crippen LogP contribution in [0.4, 0.5) is 14.6 Å². The molecule has 5 rings (SSSR count). The summed E-state index contributed by atoms with van der Waals surface area (Å²) in [4.78, 5) is 16.0. The maximum Gasteiger partial charge on any atom is 0.161 e. The molecule has 0 atom stereocenters. The number of anilines is 1. The summed E-state index contributed by atoms with van der Waals surface area (Å²) < 4.78 is 28.9. The minimum absolute atomic E-state index is 0.166. The van der Waals surface area contributed by atoms with Gasteiger partial charge in [-0.25, -0.2) is 23.7 Å². The number of hydrogen-bond donors (Lipinski definition) is 3. The van der Waals surface area contributed by atoms with Crippen LogP contribution >= 0.6 is 0 Å². The van der Waals surface area contributed by atoms with Crippen LogP contribution < -0.4 is 11.1 Å². The lowest BCUT2D eigenvalue weighted by atomic mass is 10.1. The lowest BCUT2D eigenvalue weighted by Crippen LogP contribution is -2.29. The van der Waals surface area contributed by atoms with Crippen LogP contribution in [0.25, 0.3) is 33.8 Å². The fraction of sp³-hybridized carbons (Fsp3) is 0.263. The smallest absolute Gasteiger partial charge is 0.161 e. The molecule has 0 aliphatic carbocycles. The quantitative estimate of drug-likeness (QED) is 0.491. The highest BCUT2D eigenvalue weighted by Gasteiger charge is 2.18. The van der Waals surface area contributed by atoms with Crippen LogP contribution in [0.2, 0.25) is 0 Å². The van der Waals surface area contributed by atoms with E-state index in [0.29, 0.717) is 28.8 Å². The maximum absolute atomic E-state index is 13.5. The van der Waals surface area contributed by atoms with Crippen molar-refractivity contribution in [2.75, 3.05) is 18.8 Å². The molecule has 0 saturated carbocycles. The van der Waals surface area contributed by atoms with Gasteiger partial charge < -0.3 is 16.0 Å². The number of aromatic amines is 1. The molecule has 1 aliphatic rings. The molecule has 1 aliphatic heterocycles. The Bertz CT molecular complexity index is 1150. The number of benzene rings is 1. The first kappa shape index (κ1) is 17.7. The number of hydrogen-bond acceptors (Lipinski definition) is 6. The fourth-order valence-corrected chi connectivity index (χ4v) is 3.57. The Hall–Kier alpha value is -3.40. The molecule has 4 N–H and O–H groups in total. The third kappa shape index (κ3) is 3.21. The first-order chi connectivity index (χ1) is 14.1. The van der Waals surface area contributed by atoms with E-state index in [-0.39, 0.29) is 11.3 Å². The molecule has 0 spiro atoms. The molecule has 3 aromatic heterocycles. The SMILES string of the molecule is Nc1ncc(-c2cnn(C3CCNCC3)c2)nc1-c1nc2cc(F)c(F)cc2[nH]1. The molecular formula is C19H18F2N8. The van der Waals surface area contributed by atoms with Crippen molar-refractivity contribution in [1.29, 1.82) is 0 Å². The normalized spacial score (nSPS) is 15.2. The second kappa shape index (κ2) is 6.89. The van der Waals surface area contributed by atoms with Crippen molar-refractivity contribution in [1.82, 2.24) is 35.0 Å². The van der Waals surface area contributed by atoms with Gasteiger partial charge in [0.05, 0.1) is 35.2 Å². The molecule has 1 aromatic carbocycles. The second-order valence-electron chi connectivity index (χ2n) is 7.05. The van der Waals surface area contributed by atoms with Crippen LogP contribution in [-0.2, 0) is 0 Å². The summed E-state index contributed by atoms with van der Waals surface area (Å²) in [5.41, 5.74) is 8.34. The molecule has 1 saturated heterocycles. The summed E-state index contributed by atoms with van der Waals surface area (Å²) in [6.45, 7) is 1.94. The van der Waals surface area contributed by atoms with E-state index in [2.05, 4.69) is 30.4 Å². The Kier molecular flexibility index (Phi) is 4.20. The highest BCUT2D eigenvalue weighted by molar-refractivity contribution is 5.81. The molecule has 4 heterocycles. The molecule has 1 fully saturated rings. The van der Waals surface area contributed by atoms with Crippen molar-refractivity contribution in [3.8, 4) is 22.8 Å². The van der Waals surface area contributed by atoms with Crippen molar-refractivity contribution in [2.24, 2.45) is 0 Å². The summed E-state index contributed by atoms with van der Waals surface area (Å²) in [7, 11) is 0. The number of halogens is 2. The molecule has 29 heavy (non-hydrogen) atoms. The number of nitrogens with zero attached hydrogens (tertiary/aromatic N) is 5. The number of rotatable bonds is 3. The van der Waals surface area contributed by atoms with E-state index in [9.17, 15) is 8.78 Å². The van der Waals surface area contributed by atoms with Crippen LogP contribution in [-0.4, -0.2) is 42.8 Å². The van der Waals surface area contributed by atoms with Crippen molar-refractivity contribution in [3.05, 3.63) is 42.4 Å². The van der Waals surface area contributed by atoms with Gasteiger partial charge in [-0.05, 0) is 25.9 Å². The molecule has 0 radical (unpaired) electrons. The number of nitrogen functional groups attached to an aromatic ring is 1. The van der Waals surface area contributed by atoms with Gasteiger partial charge in [0, 0.05) is 23.9 Å². The van der Waals surface area contributed by atoms with Crippen LogP contribution in [0, 0.1) is 11.6 Å². The second-order valence-corrected chi connectivity index (χ2v) is 7.05. The zero-order valence-corrected chi connectivity index (χ0v) is 15.4. The van der Waals surface area contributed by atoms with E-state index in [1.54, 1.807) is 12.4 Å². The van der Waals surface area contributed by atoms with Gasteiger partial charge in [-0.15, -0.1) is 0 Å². The topological polar surface area (TPSA) is 110 Å². The van der Waals surface area contributed by atoms with Crippen molar-refractivity contribution < 1.29 is 8.78 Å². The van der Waals surface area contributed by atoms with Crippen molar-refractivity contribution >= 4 is 16.9 Å². The molecular weight excluding hydrogens is 378 g/mol. The third-order valence-corrected chi connectivity index (χ3v) is 5.13. The average molecular weight is 396 g/mol. The van der Waals surface area contributed by atoms with Crippen LogP contribution in [0.5, 0.6) is 0 Å². The number of piperidine rings is 1. The number of imidazole rings is 1. The number of aromatic nitrogens is 6. The standard InChI is InChI=1S/C19H18F2N8/c20-12-5-14-15(6-13(12)21)28-19(27-14)17-18(22)24-8-16(26-17)10-7-25-29(9-10)11-1-3-23-4-2-11/h5-9,11,23H,1-4H2,(H2,22,24)(H,27,28). The van der Waals surface area contributed by atoms with E-state index in [1.165, 1.54) is 0 Å². The number of fused-ring (bicyclic) bond motifs is 1. The molecule has 0 amide bonds. The summed E-state index contributed by atoms with van der Waals surface area (Å²) in [6.07, 6.45) is 7.31. The van der Waals surface area contributed by atoms with E-state index in [0.717, 1.165) is 43.6 Å². The Balaban J connectivity index is 1.51. The van der Waals surface area contributed by atoms with E-state index < -0.39 is 11.6 Å². The fourth-order valence-electron chi connectivity index (χ4n) is 3.57. The van der Waals surface area contributed by atoms with Gasteiger partial charge in [-0.2, -0.15) is 5.10 Å². The largest absolute Gasteiger partial charge is 0.382 e. The van der Waals surface area contributed by atoms with Gasteiger partial charge in [0.2, 0.25) is 0 Å². The summed E-state index contributed by atoms with van der Waals surface area (Å²) in [5.74, 6) is -1.46. The maximum atomic E-state index is 13.5. The van der Waals surface area contributed by atoms with E-state index in [4.69, 9.17) is 5.73 Å². The predicted octanol–water partition coefficient (Wildman–Crippen LogP) is 2.67. The summed E-state index contributed by atoms with van der Waals surface area (Å²) in [6, 6.07) is 2.44. The van der Waals surface area contributed by atoms with E-state index in [1.807, 2.05) is 10.9 Å². The third-order valence-electron chi connectivity index (χ3n) is 5.13. The van der Waals surface area contributed by atoms with Gasteiger partial charge in [0.15, 0.2) is 23.3 Å². The van der Waals surface area contributed by atoms with Crippen LogP contribution in [0.1, 0.15) is 18.9 Å². The molecule has 148 valence electrons. The molecule has 8 nitrogen and oxygen atoms in total. The first-order valence-corrected chi connectivity index (χ1v) is 9.31. The average Bonchev–Trinajstić information content (AvgIpc) is 3.37. The summed E-state index contributed by atoms with van der Waals surface area (Å²) in [5, 5.41) is 7.82. The first-order valence-electron chi connectivity index (χ1n) is 9.31. The van der Waals surface area contributed by atoms with Crippen LogP contribution in [0.3, 0.4) is 0 Å².